The average molecular weight is 887 g/mol. The number of nitrogens with zero attached hydrogens (tertiary/aromatic N) is 4. The number of benzene rings is 9. The van der Waals surface area contributed by atoms with E-state index in [2.05, 4.69) is 48.5 Å². The molecule has 2 aliphatic rings. The topological polar surface area (TPSA) is 54.1 Å². The fraction of sp³-hybridized carbons (Fsp3) is 0.0526. The second kappa shape index (κ2) is 15.3. The van der Waals surface area contributed by atoms with Gasteiger partial charge in [-0.2, -0.15) is 36.9 Å². The van der Waals surface area contributed by atoms with Gasteiger partial charge in [0.25, 0.3) is 0 Å². The van der Waals surface area contributed by atoms with Gasteiger partial charge in [0, 0.05) is 33.8 Å². The molecule has 2 aliphatic carbocycles. The molecule has 10 heteroatoms. The van der Waals surface area contributed by atoms with Crippen molar-refractivity contribution >= 4 is 44.9 Å². The van der Waals surface area contributed by atoms with E-state index < -0.39 is 28.9 Å². The summed E-state index contributed by atoms with van der Waals surface area (Å²) < 4.78 is 83.4. The molecule has 0 amide bonds. The molecule has 0 aromatic heterocycles. The van der Waals surface area contributed by atoms with Crippen LogP contribution in [0.25, 0.3) is 33.0 Å². The molecule has 0 aliphatic heterocycles. The third-order valence-corrected chi connectivity index (χ3v) is 12.9. The summed E-state index contributed by atoms with van der Waals surface area (Å²) in [6, 6.07) is 60.9. The van der Waals surface area contributed by atoms with Crippen LogP contribution in [0, 0.1) is 22.7 Å². The molecule has 0 unspecified atom stereocenters. The Morgan fingerprint density at radius 1 is 0.373 bits per heavy atom. The zero-order chi connectivity index (χ0) is 46.2. The molecular weight excluding hydrogens is 855 g/mol. The highest BCUT2D eigenvalue weighted by atomic mass is 19.4. The van der Waals surface area contributed by atoms with Crippen molar-refractivity contribution in [1.82, 2.24) is 0 Å². The van der Waals surface area contributed by atoms with Gasteiger partial charge in [-0.15, -0.1) is 0 Å². The van der Waals surface area contributed by atoms with Crippen LogP contribution in [0.2, 0.25) is 0 Å². The standard InChI is InChI=1S/C57H32F6N4/c58-56(59,60)37-18-22-39(23-19-37)66(41-10-5-8-35(30-41)33-64)43-26-27-46-47-28-29-53(67(42-11-6-9-36(31-42)34-65)40-24-20-38(21-25-40)57(61,62)63)48-14-7-17-51(54(47)48)55(52(46)32-43)49-15-3-1-12-44(49)45-13-2-4-16-50(45)55/h1-32H. The second-order valence-electron chi connectivity index (χ2n) is 16.5. The van der Waals surface area contributed by atoms with E-state index in [0.29, 0.717) is 45.3 Å². The minimum absolute atomic E-state index is 0.378. The highest BCUT2D eigenvalue weighted by Crippen LogP contribution is 2.63. The fourth-order valence-electron chi connectivity index (χ4n) is 10.2. The monoisotopic (exact) mass is 886 g/mol. The van der Waals surface area contributed by atoms with Crippen LogP contribution in [0.3, 0.4) is 0 Å². The van der Waals surface area contributed by atoms with Crippen LogP contribution in [0.4, 0.5) is 60.5 Å². The van der Waals surface area contributed by atoms with Crippen molar-refractivity contribution in [2.75, 3.05) is 9.80 Å². The van der Waals surface area contributed by atoms with Crippen molar-refractivity contribution < 1.29 is 26.3 Å². The minimum atomic E-state index is -4.55. The molecule has 11 rings (SSSR count). The molecule has 9 aromatic rings. The van der Waals surface area contributed by atoms with Crippen LogP contribution >= 0.6 is 0 Å². The average Bonchev–Trinajstić information content (AvgIpc) is 3.64. The number of fused-ring (bicyclic) bond motifs is 9. The first kappa shape index (κ1) is 41.1. The third kappa shape index (κ3) is 6.44. The number of hydrogen-bond acceptors (Lipinski definition) is 4. The molecule has 0 fully saturated rings. The van der Waals surface area contributed by atoms with Crippen molar-refractivity contribution in [2.45, 2.75) is 17.8 Å². The molecule has 9 aromatic carbocycles. The van der Waals surface area contributed by atoms with Crippen LogP contribution < -0.4 is 9.80 Å². The molecule has 1 spiro atoms. The smallest absolute Gasteiger partial charge is 0.310 e. The lowest BCUT2D eigenvalue weighted by molar-refractivity contribution is -0.138. The maximum atomic E-state index is 13.9. The predicted molar refractivity (Wildman–Crippen MR) is 249 cm³/mol. The van der Waals surface area contributed by atoms with Crippen LogP contribution in [0.1, 0.15) is 44.5 Å². The van der Waals surface area contributed by atoms with Gasteiger partial charge in [-0.05, 0) is 153 Å². The van der Waals surface area contributed by atoms with Gasteiger partial charge in [-0.25, -0.2) is 0 Å². The Bertz CT molecular complexity index is 3500. The highest BCUT2D eigenvalue weighted by molar-refractivity contribution is 6.12. The molecule has 4 nitrogen and oxygen atoms in total. The third-order valence-electron chi connectivity index (χ3n) is 12.9. The summed E-state index contributed by atoms with van der Waals surface area (Å²) in [6.07, 6.45) is -9.09. The quantitative estimate of drug-likeness (QED) is 0.156. The van der Waals surface area contributed by atoms with Gasteiger partial charge in [-0.1, -0.05) is 91.0 Å². The number of nitriles is 2. The normalized spacial score (nSPS) is 13.0. The molecular formula is C57H32F6N4. The van der Waals surface area contributed by atoms with Crippen molar-refractivity contribution in [3.8, 4) is 34.4 Å². The molecule has 0 atom stereocenters. The summed E-state index contributed by atoms with van der Waals surface area (Å²) >= 11 is 0. The summed E-state index contributed by atoms with van der Waals surface area (Å²) in [7, 11) is 0. The lowest BCUT2D eigenvalue weighted by Crippen LogP contribution is -2.32. The molecule has 0 radical (unpaired) electrons. The van der Waals surface area contributed by atoms with Gasteiger partial charge in [0.2, 0.25) is 0 Å². The molecule has 0 heterocycles. The largest absolute Gasteiger partial charge is 0.416 e. The number of rotatable bonds is 6. The summed E-state index contributed by atoms with van der Waals surface area (Å²) in [4.78, 5) is 3.74. The van der Waals surface area contributed by atoms with Crippen molar-refractivity contribution in [1.29, 1.82) is 10.5 Å². The Hall–Kier alpha value is -8.60. The molecule has 67 heavy (non-hydrogen) atoms. The molecule has 0 saturated heterocycles. The summed E-state index contributed by atoms with van der Waals surface area (Å²) in [5, 5.41) is 21.6. The fourth-order valence-corrected chi connectivity index (χ4v) is 10.2. The second-order valence-corrected chi connectivity index (χ2v) is 16.5. The van der Waals surface area contributed by atoms with E-state index in [9.17, 15) is 36.9 Å². The van der Waals surface area contributed by atoms with Crippen molar-refractivity contribution in [3.05, 3.63) is 239 Å². The number of hydrogen-bond donors (Lipinski definition) is 0. The van der Waals surface area contributed by atoms with Gasteiger partial charge >= 0.3 is 12.4 Å². The zero-order valence-corrected chi connectivity index (χ0v) is 35.0. The summed E-state index contributed by atoms with van der Waals surface area (Å²) in [6.45, 7) is 0. The van der Waals surface area contributed by atoms with Crippen LogP contribution in [0.5, 0.6) is 0 Å². The maximum Gasteiger partial charge on any atom is 0.416 e. The van der Waals surface area contributed by atoms with E-state index >= 15 is 0 Å². The van der Waals surface area contributed by atoms with E-state index in [1.54, 1.807) is 36.4 Å². The first-order chi connectivity index (χ1) is 32.4. The Kier molecular flexibility index (Phi) is 9.36. The number of anilines is 6. The minimum Gasteiger partial charge on any atom is -0.310 e. The molecule has 0 N–H and O–H groups in total. The van der Waals surface area contributed by atoms with Gasteiger partial charge in [-0.3, -0.25) is 0 Å². The lowest BCUT2D eigenvalue weighted by Gasteiger charge is -2.41. The summed E-state index contributed by atoms with van der Waals surface area (Å²) in [5.41, 5.74) is 9.40. The Balaban J connectivity index is 1.21. The van der Waals surface area contributed by atoms with Crippen molar-refractivity contribution in [2.24, 2.45) is 0 Å². The van der Waals surface area contributed by atoms with E-state index in [4.69, 9.17) is 0 Å². The number of halogens is 6. The predicted octanol–water partition coefficient (Wildman–Crippen LogP) is 15.9. The van der Waals surface area contributed by atoms with Crippen LogP contribution in [-0.2, 0) is 17.8 Å². The Labute approximate surface area is 381 Å². The molecule has 322 valence electrons. The summed E-state index contributed by atoms with van der Waals surface area (Å²) in [5.74, 6) is 0. The van der Waals surface area contributed by atoms with E-state index in [1.807, 2.05) is 82.6 Å². The van der Waals surface area contributed by atoms with Gasteiger partial charge < -0.3 is 9.80 Å². The van der Waals surface area contributed by atoms with E-state index in [-0.39, 0.29) is 0 Å². The first-order valence-corrected chi connectivity index (χ1v) is 21.3. The van der Waals surface area contributed by atoms with Gasteiger partial charge in [0.15, 0.2) is 0 Å². The van der Waals surface area contributed by atoms with Crippen molar-refractivity contribution in [3.63, 3.8) is 0 Å². The lowest BCUT2D eigenvalue weighted by atomic mass is 9.61. The zero-order valence-electron chi connectivity index (χ0n) is 35.0. The SMILES string of the molecule is N#Cc1cccc(N(c2ccc(C(F)(F)F)cc2)c2ccc3c(c2)C2(c4ccccc4-c4ccccc42)c2cccc4c(N(c5ccc(C(F)(F)F)cc5)c5cccc(C#N)c5)ccc-3c24)c1. The highest BCUT2D eigenvalue weighted by Gasteiger charge is 2.50. The Morgan fingerprint density at radius 3 is 1.37 bits per heavy atom. The molecule has 0 saturated carbocycles. The number of alkyl halides is 6. The van der Waals surface area contributed by atoms with Crippen LogP contribution in [-0.4, -0.2) is 0 Å². The first-order valence-electron chi connectivity index (χ1n) is 21.3. The van der Waals surface area contributed by atoms with Crippen LogP contribution in [0.15, 0.2) is 194 Å². The van der Waals surface area contributed by atoms with E-state index in [0.717, 1.165) is 79.5 Å². The van der Waals surface area contributed by atoms with Gasteiger partial charge in [0.05, 0.1) is 45.5 Å². The van der Waals surface area contributed by atoms with Gasteiger partial charge in [0.1, 0.15) is 0 Å². The Morgan fingerprint density at radius 2 is 0.821 bits per heavy atom. The van der Waals surface area contributed by atoms with E-state index in [1.165, 1.54) is 24.3 Å². The maximum absolute atomic E-state index is 13.9. The molecule has 0 bridgehead atoms.